The molecule has 0 saturated carbocycles. The molecule has 1 heterocycles. The van der Waals surface area contributed by atoms with Crippen molar-refractivity contribution in [1.82, 2.24) is 9.99 Å². The number of carbonyl (C=O) groups excluding carboxylic acids is 1. The number of hydrazone groups is 1. The van der Waals surface area contributed by atoms with Gasteiger partial charge in [-0.15, -0.1) is 0 Å². The number of nitrogens with zero attached hydrogens (tertiary/aromatic N) is 2. The molecule has 0 aliphatic carbocycles. The average molecular weight is 404 g/mol. The molecular weight excluding hydrogens is 374 g/mol. The molecule has 1 aromatic heterocycles. The molecule has 5 nitrogen and oxygen atoms in total. The number of ether oxygens (including phenoxy) is 1. The molecule has 0 bridgehead atoms. The Kier molecular flexibility index (Phi) is 6.11. The van der Waals surface area contributed by atoms with Gasteiger partial charge in [-0.2, -0.15) is 5.10 Å². The molecular formula is C25H29N3O2. The minimum atomic E-state index is -0.310. The maximum Gasteiger partial charge on any atom is 0.275 e. The zero-order chi connectivity index (χ0) is 21.9. The number of para-hydroxylation sites is 1. The molecule has 156 valence electrons. The van der Waals surface area contributed by atoms with Crippen molar-refractivity contribution in [3.8, 4) is 11.4 Å². The Morgan fingerprint density at radius 1 is 1.07 bits per heavy atom. The molecule has 2 aromatic carbocycles. The normalized spacial score (nSPS) is 11.7. The van der Waals surface area contributed by atoms with Gasteiger partial charge in [0.05, 0.1) is 18.9 Å². The van der Waals surface area contributed by atoms with E-state index in [2.05, 4.69) is 73.1 Å². The van der Waals surface area contributed by atoms with E-state index in [0.29, 0.717) is 11.3 Å². The topological polar surface area (TPSA) is 55.6 Å². The number of amides is 1. The SMILES string of the molecule is COc1ccccc1C(=O)N/N=C/c1cc(C)n(-c2ccc(C(C)(C)C)cc2)c1C. The lowest BCUT2D eigenvalue weighted by Crippen LogP contribution is -2.18. The van der Waals surface area contributed by atoms with Gasteiger partial charge in [0.2, 0.25) is 0 Å². The van der Waals surface area contributed by atoms with Crippen LogP contribution in [0.4, 0.5) is 0 Å². The van der Waals surface area contributed by atoms with Crippen LogP contribution in [-0.2, 0) is 5.41 Å². The lowest BCUT2D eigenvalue weighted by Gasteiger charge is -2.20. The van der Waals surface area contributed by atoms with Crippen LogP contribution in [0, 0.1) is 13.8 Å². The highest BCUT2D eigenvalue weighted by atomic mass is 16.5. The van der Waals surface area contributed by atoms with Crippen molar-refractivity contribution in [3.63, 3.8) is 0 Å². The van der Waals surface area contributed by atoms with Crippen LogP contribution >= 0.6 is 0 Å². The predicted octanol–water partition coefficient (Wildman–Crippen LogP) is 5.16. The van der Waals surface area contributed by atoms with Gasteiger partial charge < -0.3 is 9.30 Å². The maximum atomic E-state index is 12.4. The van der Waals surface area contributed by atoms with E-state index in [1.54, 1.807) is 24.4 Å². The van der Waals surface area contributed by atoms with Crippen LogP contribution < -0.4 is 10.2 Å². The highest BCUT2D eigenvalue weighted by Gasteiger charge is 2.15. The summed E-state index contributed by atoms with van der Waals surface area (Å²) in [4.78, 5) is 12.4. The van der Waals surface area contributed by atoms with Gasteiger partial charge in [-0.3, -0.25) is 4.79 Å². The maximum absolute atomic E-state index is 12.4. The zero-order valence-electron chi connectivity index (χ0n) is 18.5. The standard InChI is InChI=1S/C25H29N3O2/c1-17-15-19(16-26-27-24(29)22-9-7-8-10-23(22)30-6)18(2)28(17)21-13-11-20(12-14-21)25(3,4)5/h7-16H,1-6H3,(H,27,29)/b26-16+. The molecule has 0 saturated heterocycles. The molecule has 3 aromatic rings. The van der Waals surface area contributed by atoms with Crippen molar-refractivity contribution in [2.75, 3.05) is 7.11 Å². The highest BCUT2D eigenvalue weighted by molar-refractivity contribution is 5.97. The highest BCUT2D eigenvalue weighted by Crippen LogP contribution is 2.25. The molecule has 0 atom stereocenters. The van der Waals surface area contributed by atoms with E-state index >= 15 is 0 Å². The summed E-state index contributed by atoms with van der Waals surface area (Å²) < 4.78 is 7.42. The Morgan fingerprint density at radius 2 is 1.73 bits per heavy atom. The smallest absolute Gasteiger partial charge is 0.275 e. The molecule has 0 aliphatic rings. The number of aromatic nitrogens is 1. The van der Waals surface area contributed by atoms with Crippen LogP contribution in [-0.4, -0.2) is 23.8 Å². The lowest BCUT2D eigenvalue weighted by atomic mass is 9.87. The average Bonchev–Trinajstić information content (AvgIpc) is 3.00. The molecule has 0 radical (unpaired) electrons. The minimum Gasteiger partial charge on any atom is -0.496 e. The summed E-state index contributed by atoms with van der Waals surface area (Å²) in [6.45, 7) is 10.7. The Morgan fingerprint density at radius 3 is 2.37 bits per heavy atom. The predicted molar refractivity (Wildman–Crippen MR) is 122 cm³/mol. The fourth-order valence-corrected chi connectivity index (χ4v) is 3.48. The van der Waals surface area contributed by atoms with Crippen LogP contribution in [0.15, 0.2) is 59.7 Å². The summed E-state index contributed by atoms with van der Waals surface area (Å²) in [6, 6.07) is 17.8. The fourth-order valence-electron chi connectivity index (χ4n) is 3.48. The monoisotopic (exact) mass is 403 g/mol. The second kappa shape index (κ2) is 8.57. The summed E-state index contributed by atoms with van der Waals surface area (Å²) in [5.41, 5.74) is 8.68. The van der Waals surface area contributed by atoms with Gasteiger partial charge in [0.25, 0.3) is 5.91 Å². The summed E-state index contributed by atoms with van der Waals surface area (Å²) in [5, 5.41) is 4.16. The summed E-state index contributed by atoms with van der Waals surface area (Å²) in [7, 11) is 1.54. The first-order valence-electron chi connectivity index (χ1n) is 9.98. The number of methoxy groups -OCH3 is 1. The van der Waals surface area contributed by atoms with E-state index in [4.69, 9.17) is 4.74 Å². The van der Waals surface area contributed by atoms with Crippen molar-refractivity contribution in [2.24, 2.45) is 5.10 Å². The number of hydrogen-bond acceptors (Lipinski definition) is 3. The molecule has 1 N–H and O–H groups in total. The Hall–Kier alpha value is -3.34. The Labute approximate surface area is 178 Å². The number of rotatable bonds is 5. The minimum absolute atomic E-state index is 0.122. The second-order valence-corrected chi connectivity index (χ2v) is 8.36. The van der Waals surface area contributed by atoms with Gasteiger partial charge in [0.1, 0.15) is 5.75 Å². The zero-order valence-corrected chi connectivity index (χ0v) is 18.5. The van der Waals surface area contributed by atoms with Gasteiger partial charge in [-0.05, 0) is 55.2 Å². The fraction of sp³-hybridized carbons (Fsp3) is 0.280. The van der Waals surface area contributed by atoms with Gasteiger partial charge >= 0.3 is 0 Å². The third-order valence-corrected chi connectivity index (χ3v) is 5.18. The van der Waals surface area contributed by atoms with Crippen LogP contribution in [0.25, 0.3) is 5.69 Å². The summed E-state index contributed by atoms with van der Waals surface area (Å²) in [5.74, 6) is 0.206. The molecule has 0 aliphatic heterocycles. The molecule has 1 amide bonds. The van der Waals surface area contributed by atoms with Crippen LogP contribution in [0.1, 0.15) is 53.6 Å². The van der Waals surface area contributed by atoms with Crippen molar-refractivity contribution in [3.05, 3.63) is 82.7 Å². The summed E-state index contributed by atoms with van der Waals surface area (Å²) >= 11 is 0. The van der Waals surface area contributed by atoms with Gasteiger partial charge in [0.15, 0.2) is 0 Å². The molecule has 30 heavy (non-hydrogen) atoms. The first kappa shape index (κ1) is 21.4. The molecule has 0 unspecified atom stereocenters. The van der Waals surface area contributed by atoms with Crippen molar-refractivity contribution >= 4 is 12.1 Å². The molecule has 0 fully saturated rings. The van der Waals surface area contributed by atoms with Crippen molar-refractivity contribution in [1.29, 1.82) is 0 Å². The van der Waals surface area contributed by atoms with Gasteiger partial charge in [0, 0.05) is 22.6 Å². The largest absolute Gasteiger partial charge is 0.496 e. The van der Waals surface area contributed by atoms with Crippen LogP contribution in [0.2, 0.25) is 0 Å². The van der Waals surface area contributed by atoms with Gasteiger partial charge in [-0.1, -0.05) is 45.0 Å². The number of nitrogens with one attached hydrogen (secondary N) is 1. The van der Waals surface area contributed by atoms with Crippen molar-refractivity contribution in [2.45, 2.75) is 40.0 Å². The van der Waals surface area contributed by atoms with E-state index in [1.165, 1.54) is 12.7 Å². The first-order valence-corrected chi connectivity index (χ1v) is 9.98. The van der Waals surface area contributed by atoms with E-state index in [9.17, 15) is 4.79 Å². The molecule has 3 rings (SSSR count). The van der Waals surface area contributed by atoms with Crippen LogP contribution in [0.3, 0.4) is 0 Å². The number of hydrogen-bond donors (Lipinski definition) is 1. The first-order chi connectivity index (χ1) is 14.2. The summed E-state index contributed by atoms with van der Waals surface area (Å²) in [6.07, 6.45) is 1.68. The lowest BCUT2D eigenvalue weighted by molar-refractivity contribution is 0.0952. The number of carbonyl (C=O) groups is 1. The number of aryl methyl sites for hydroxylation is 1. The third kappa shape index (κ3) is 4.46. The third-order valence-electron chi connectivity index (χ3n) is 5.18. The molecule has 0 spiro atoms. The van der Waals surface area contributed by atoms with Crippen LogP contribution in [0.5, 0.6) is 5.75 Å². The van der Waals surface area contributed by atoms with Gasteiger partial charge in [-0.25, -0.2) is 5.43 Å². The van der Waals surface area contributed by atoms with E-state index in [1.807, 2.05) is 13.0 Å². The van der Waals surface area contributed by atoms with Crippen molar-refractivity contribution < 1.29 is 9.53 Å². The Bertz CT molecular complexity index is 1070. The van der Waals surface area contributed by atoms with E-state index in [-0.39, 0.29) is 11.3 Å². The quantitative estimate of drug-likeness (QED) is 0.472. The second-order valence-electron chi connectivity index (χ2n) is 8.36. The van der Waals surface area contributed by atoms with E-state index in [0.717, 1.165) is 22.6 Å². The Balaban J connectivity index is 1.79. The van der Waals surface area contributed by atoms with E-state index < -0.39 is 0 Å². The molecule has 5 heteroatoms. The number of benzene rings is 2.